The van der Waals surface area contributed by atoms with E-state index in [1.807, 2.05) is 97.1 Å². The molecule has 0 saturated heterocycles. The van der Waals surface area contributed by atoms with Gasteiger partial charge in [-0.1, -0.05) is 128 Å². The predicted octanol–water partition coefficient (Wildman–Crippen LogP) is 20.1. The number of carbonyl (C=O) groups is 6. The molecular weight excluding hydrogens is 1340 g/mol. The lowest BCUT2D eigenvalue weighted by atomic mass is 9.80. The second-order valence-electron chi connectivity index (χ2n) is 27.5. The number of benzene rings is 11. The average molecular weight is 1410 g/mol. The minimum absolute atomic E-state index is 0.0371. The molecule has 0 saturated carbocycles. The Labute approximate surface area is 610 Å². The van der Waals surface area contributed by atoms with E-state index in [1.165, 1.54) is 51.1 Å². The number of carbonyl (C=O) groups excluding carboxylic acids is 6. The number of amides is 4. The molecule has 13 aromatic rings. The zero-order valence-electron chi connectivity index (χ0n) is 59.8. The minimum Gasteiger partial charge on any atom is -0.497 e. The molecule has 0 spiro atoms. The maximum atomic E-state index is 16.6. The molecule has 4 heterocycles. The zero-order chi connectivity index (χ0) is 73.9. The van der Waals surface area contributed by atoms with Crippen molar-refractivity contribution in [2.75, 3.05) is 14.2 Å². The number of nitrogens with zero attached hydrogens (tertiary/aromatic N) is 4. The summed E-state index contributed by atoms with van der Waals surface area (Å²) in [5.41, 5.74) is 4.03. The average Bonchev–Trinajstić information content (AvgIpc) is 0.670. The molecule has 528 valence electrons. The fourth-order valence-electron chi connectivity index (χ4n) is 14.1. The zero-order valence-corrected chi connectivity index (χ0v) is 59.8. The standard InChI is InChI=1S/C88H72N4O14/c1-47(2)51-21-29-57(30-22-51)101-69-41-65-73-66(84(94)91(83(65)93)81(55-15-13-37-89-45-55)87(97)105-63-19-11-17-61(39-63)99-9)43-71(103-59-33-25-53(26-34-59)49(5)6)77-78-72(104-60-35-27-54(28-36-60)50(7)8)44-68-74-67(42-70(76(80(74)78)75(69)79(73)77)102-58-31-23-52(24-32-58)48(3)4)85(95)92(86(68)96)82(56-16-14-38-90-46-56)88(98)106-64-20-12-18-62(40-64)100-10/h11-50,81-82H,1-10H3. The summed E-state index contributed by atoms with van der Waals surface area (Å²) in [7, 11) is 2.95. The number of aromatic nitrogens is 2. The van der Waals surface area contributed by atoms with Gasteiger partial charge in [0.2, 0.25) is 0 Å². The van der Waals surface area contributed by atoms with E-state index in [9.17, 15) is 0 Å². The number of methoxy groups -OCH3 is 2. The molecule has 4 amide bonds. The summed E-state index contributed by atoms with van der Waals surface area (Å²) >= 11 is 0. The van der Waals surface area contributed by atoms with Crippen molar-refractivity contribution in [3.63, 3.8) is 0 Å². The van der Waals surface area contributed by atoms with Crippen LogP contribution in [0.2, 0.25) is 0 Å². The largest absolute Gasteiger partial charge is 0.497 e. The number of imide groups is 2. The van der Waals surface area contributed by atoms with E-state index in [-0.39, 0.29) is 135 Å². The number of pyridine rings is 2. The fraction of sp³-hybridized carbons (Fsp3) is 0.182. The summed E-state index contributed by atoms with van der Waals surface area (Å²) in [5, 5.41) is 1.69. The van der Waals surface area contributed by atoms with Crippen molar-refractivity contribution in [2.24, 2.45) is 0 Å². The Hall–Kier alpha value is -13.0. The number of ether oxygens (including phenoxy) is 8. The highest BCUT2D eigenvalue weighted by Gasteiger charge is 2.48. The Balaban J connectivity index is 1.09. The quantitative estimate of drug-likeness (QED) is 0.0203. The predicted molar refractivity (Wildman–Crippen MR) is 402 cm³/mol. The van der Waals surface area contributed by atoms with Crippen LogP contribution in [0.15, 0.2) is 219 Å². The van der Waals surface area contributed by atoms with E-state index < -0.39 is 47.7 Å². The number of esters is 2. The third-order valence-electron chi connectivity index (χ3n) is 19.5. The monoisotopic (exact) mass is 1410 g/mol. The first-order chi connectivity index (χ1) is 51.2. The van der Waals surface area contributed by atoms with Crippen LogP contribution in [0, 0.1) is 0 Å². The third-order valence-corrected chi connectivity index (χ3v) is 19.5. The van der Waals surface area contributed by atoms with Crippen molar-refractivity contribution < 1.29 is 66.7 Å². The maximum Gasteiger partial charge on any atom is 0.339 e. The van der Waals surface area contributed by atoms with E-state index in [0.717, 1.165) is 32.1 Å². The van der Waals surface area contributed by atoms with E-state index in [2.05, 4.69) is 65.4 Å². The molecule has 11 aromatic carbocycles. The summed E-state index contributed by atoms with van der Waals surface area (Å²) in [6, 6.07) is 51.8. The second-order valence-corrected chi connectivity index (χ2v) is 27.5. The van der Waals surface area contributed by atoms with Crippen molar-refractivity contribution >= 4 is 78.7 Å². The van der Waals surface area contributed by atoms with Crippen molar-refractivity contribution in [3.05, 3.63) is 275 Å². The normalized spacial score (nSPS) is 13.4. The number of hydrogen-bond acceptors (Lipinski definition) is 16. The Kier molecular flexibility index (Phi) is 18.2. The van der Waals surface area contributed by atoms with E-state index >= 15 is 28.8 Å². The van der Waals surface area contributed by atoms with Gasteiger partial charge in [0.05, 0.1) is 36.5 Å². The van der Waals surface area contributed by atoms with Crippen LogP contribution < -0.4 is 37.9 Å². The first-order valence-corrected chi connectivity index (χ1v) is 35.0. The molecule has 2 atom stereocenters. The van der Waals surface area contributed by atoms with Crippen LogP contribution >= 0.6 is 0 Å². The Morgan fingerprint density at radius 3 is 0.821 bits per heavy atom. The van der Waals surface area contributed by atoms with E-state index in [1.54, 1.807) is 84.9 Å². The molecule has 2 unspecified atom stereocenters. The van der Waals surface area contributed by atoms with E-state index in [4.69, 9.17) is 37.9 Å². The molecule has 15 rings (SSSR count). The molecule has 18 heteroatoms. The molecule has 0 bridgehead atoms. The van der Waals surface area contributed by atoms with Crippen molar-refractivity contribution in [1.29, 1.82) is 0 Å². The Bertz CT molecular complexity index is 5060. The first kappa shape index (κ1) is 68.8. The molecule has 18 nitrogen and oxygen atoms in total. The lowest BCUT2D eigenvalue weighted by molar-refractivity contribution is -0.140. The molecular formula is C88H72N4O14. The third kappa shape index (κ3) is 12.5. The van der Waals surface area contributed by atoms with E-state index in [0.29, 0.717) is 34.5 Å². The van der Waals surface area contributed by atoms with Crippen LogP contribution in [-0.4, -0.2) is 69.6 Å². The highest BCUT2D eigenvalue weighted by Crippen LogP contribution is 2.59. The summed E-state index contributed by atoms with van der Waals surface area (Å²) < 4.78 is 52.5. The van der Waals surface area contributed by atoms with Crippen LogP contribution in [0.3, 0.4) is 0 Å². The number of fused-ring (bicyclic) bond motifs is 2. The molecule has 0 radical (unpaired) electrons. The first-order valence-electron chi connectivity index (χ1n) is 35.0. The Morgan fingerprint density at radius 1 is 0.302 bits per heavy atom. The summed E-state index contributed by atoms with van der Waals surface area (Å²) in [6.45, 7) is 16.6. The van der Waals surface area contributed by atoms with Crippen LogP contribution in [0.4, 0.5) is 0 Å². The summed E-state index contributed by atoms with van der Waals surface area (Å²) in [5.74, 6) is -2.75. The van der Waals surface area contributed by atoms with Gasteiger partial charge in [-0.25, -0.2) is 9.59 Å². The van der Waals surface area contributed by atoms with Gasteiger partial charge in [0.1, 0.15) is 69.0 Å². The molecule has 2 aromatic heterocycles. The summed E-state index contributed by atoms with van der Waals surface area (Å²) in [6.07, 6.45) is 5.80. The number of rotatable bonds is 22. The van der Waals surface area contributed by atoms with Gasteiger partial charge in [-0.05, 0) is 155 Å². The van der Waals surface area contributed by atoms with Crippen LogP contribution in [0.1, 0.15) is 166 Å². The molecule has 2 aliphatic heterocycles. The van der Waals surface area contributed by atoms with Crippen LogP contribution in [0.25, 0.3) is 43.1 Å². The van der Waals surface area contributed by atoms with Gasteiger partial charge in [-0.2, -0.15) is 0 Å². The van der Waals surface area contributed by atoms with Gasteiger partial charge in [0, 0.05) is 91.1 Å². The van der Waals surface area contributed by atoms with Gasteiger partial charge in [-0.15, -0.1) is 0 Å². The van der Waals surface area contributed by atoms with Crippen molar-refractivity contribution in [3.8, 4) is 69.0 Å². The van der Waals surface area contributed by atoms with Gasteiger partial charge in [-0.3, -0.25) is 38.9 Å². The lowest BCUT2D eigenvalue weighted by Crippen LogP contribution is -2.47. The van der Waals surface area contributed by atoms with Crippen LogP contribution in [0.5, 0.6) is 69.0 Å². The highest BCUT2D eigenvalue weighted by atomic mass is 16.5. The molecule has 2 aliphatic rings. The molecule has 0 fully saturated rings. The molecule has 106 heavy (non-hydrogen) atoms. The SMILES string of the molecule is COc1cccc(OC(=O)C(c2cccnc2)N2C(=O)c3cc(Oc4ccc(C(C)C)cc4)c4c5c(Oc6ccc(C(C)C)cc6)cc6c7c(cc(Oc8ccc(C(C)C)cc8)c(c8c(Oc9ccc(C(C)C)cc9)cc(c3c48)C2=O)c75)C(=O)N(C(C(=O)Oc2cccc(OC)c2)c2cccnc2)C6=O)c1. The van der Waals surface area contributed by atoms with Crippen LogP contribution in [-0.2, 0) is 9.59 Å². The minimum atomic E-state index is -1.76. The smallest absolute Gasteiger partial charge is 0.339 e. The van der Waals surface area contributed by atoms with Gasteiger partial charge in [0.25, 0.3) is 23.6 Å². The van der Waals surface area contributed by atoms with Gasteiger partial charge in [0.15, 0.2) is 12.1 Å². The number of hydrogen-bond donors (Lipinski definition) is 0. The van der Waals surface area contributed by atoms with Gasteiger partial charge >= 0.3 is 11.9 Å². The Morgan fingerprint density at radius 2 is 0.575 bits per heavy atom. The molecule has 0 aliphatic carbocycles. The summed E-state index contributed by atoms with van der Waals surface area (Å²) in [4.78, 5) is 107. The maximum absolute atomic E-state index is 16.6. The van der Waals surface area contributed by atoms with Gasteiger partial charge < -0.3 is 37.9 Å². The second kappa shape index (κ2) is 28.0. The topological polar surface area (TPSA) is 209 Å². The molecule has 0 N–H and O–H groups in total. The fourth-order valence-corrected chi connectivity index (χ4v) is 14.1. The lowest BCUT2D eigenvalue weighted by Gasteiger charge is -2.35. The van der Waals surface area contributed by atoms with Crippen molar-refractivity contribution in [2.45, 2.75) is 91.1 Å². The highest BCUT2D eigenvalue weighted by molar-refractivity contribution is 6.45. The van der Waals surface area contributed by atoms with Crippen molar-refractivity contribution in [1.82, 2.24) is 19.8 Å².